The number of rotatable bonds is 5. The zero-order valence-electron chi connectivity index (χ0n) is 22.7. The van der Waals surface area contributed by atoms with Crippen LogP contribution < -0.4 is 4.74 Å². The number of carbonyl (C=O) groups is 2. The smallest absolute Gasteiger partial charge is 0.347 e. The molecule has 2 aromatic carbocycles. The molecule has 3 rings (SSSR count). The van der Waals surface area contributed by atoms with E-state index in [2.05, 4.69) is 6.08 Å². The first-order valence-corrected chi connectivity index (χ1v) is 12.4. The maximum Gasteiger partial charge on any atom is 0.347 e. The number of aliphatic carboxylic acids is 1. The highest BCUT2D eigenvalue weighted by Crippen LogP contribution is 2.40. The predicted molar refractivity (Wildman–Crippen MR) is 143 cm³/mol. The molecule has 1 amide bonds. The number of carboxylic acids is 1. The Bertz CT molecular complexity index is 1140. The van der Waals surface area contributed by atoms with Crippen LogP contribution in [0.2, 0.25) is 0 Å². The van der Waals surface area contributed by atoms with Crippen molar-refractivity contribution in [3.8, 4) is 11.5 Å². The van der Waals surface area contributed by atoms with Crippen molar-refractivity contribution >= 4 is 17.4 Å². The van der Waals surface area contributed by atoms with Crippen LogP contribution in [0.1, 0.15) is 88.9 Å². The van der Waals surface area contributed by atoms with Crippen LogP contribution in [0, 0.1) is 0 Å². The van der Waals surface area contributed by atoms with E-state index in [1.807, 2.05) is 70.7 Å². The average molecular weight is 494 g/mol. The van der Waals surface area contributed by atoms with Crippen molar-refractivity contribution < 1.29 is 24.5 Å². The molecule has 1 aliphatic rings. The summed E-state index contributed by atoms with van der Waals surface area (Å²) in [6.07, 6.45) is 2.77. The van der Waals surface area contributed by atoms with Crippen LogP contribution in [0.3, 0.4) is 0 Å². The van der Waals surface area contributed by atoms with E-state index in [1.54, 1.807) is 12.1 Å². The van der Waals surface area contributed by atoms with Gasteiger partial charge in [0.1, 0.15) is 11.5 Å². The highest BCUT2D eigenvalue weighted by molar-refractivity contribution is 5.95. The van der Waals surface area contributed by atoms with E-state index >= 15 is 0 Å². The summed E-state index contributed by atoms with van der Waals surface area (Å²) >= 11 is 0. The van der Waals surface area contributed by atoms with E-state index < -0.39 is 11.6 Å². The second kappa shape index (κ2) is 9.64. The summed E-state index contributed by atoms with van der Waals surface area (Å²) < 4.78 is 5.59. The summed E-state index contributed by atoms with van der Waals surface area (Å²) in [5.41, 5.74) is 2.41. The summed E-state index contributed by atoms with van der Waals surface area (Å²) in [6, 6.07) is 11.1. The van der Waals surface area contributed by atoms with Gasteiger partial charge in [0.05, 0.1) is 0 Å². The van der Waals surface area contributed by atoms with Gasteiger partial charge in [0.15, 0.2) is 5.60 Å². The van der Waals surface area contributed by atoms with Gasteiger partial charge in [-0.2, -0.15) is 0 Å². The van der Waals surface area contributed by atoms with Crippen LogP contribution >= 0.6 is 0 Å². The zero-order chi connectivity index (χ0) is 27.1. The van der Waals surface area contributed by atoms with Gasteiger partial charge in [0, 0.05) is 29.8 Å². The van der Waals surface area contributed by atoms with Gasteiger partial charge >= 0.3 is 5.97 Å². The molecule has 0 atom stereocenters. The van der Waals surface area contributed by atoms with Gasteiger partial charge in [-0.3, -0.25) is 4.79 Å². The Kier molecular flexibility index (Phi) is 7.31. The van der Waals surface area contributed by atoms with Crippen molar-refractivity contribution in [3.63, 3.8) is 0 Å². The number of ether oxygens (including phenoxy) is 1. The number of aromatic hydroxyl groups is 1. The van der Waals surface area contributed by atoms with Gasteiger partial charge in [0.2, 0.25) is 0 Å². The Balaban J connectivity index is 1.80. The molecule has 36 heavy (non-hydrogen) atoms. The second-order valence-electron chi connectivity index (χ2n) is 12.1. The molecule has 2 N–H and O–H groups in total. The molecular formula is C30H39NO5. The van der Waals surface area contributed by atoms with Crippen molar-refractivity contribution in [2.45, 2.75) is 78.2 Å². The zero-order valence-corrected chi connectivity index (χ0v) is 22.7. The Morgan fingerprint density at radius 2 is 1.42 bits per heavy atom. The van der Waals surface area contributed by atoms with Crippen LogP contribution in [0.15, 0.2) is 42.5 Å². The molecule has 194 valence electrons. The number of hydrogen-bond acceptors (Lipinski definition) is 4. The molecule has 0 bridgehead atoms. The number of nitrogens with zero attached hydrogens (tertiary/aromatic N) is 1. The predicted octanol–water partition coefficient (Wildman–Crippen LogP) is 6.16. The molecule has 2 aromatic rings. The van der Waals surface area contributed by atoms with Gasteiger partial charge in [0.25, 0.3) is 5.91 Å². The molecule has 0 radical (unpaired) electrons. The third kappa shape index (κ3) is 5.92. The molecule has 0 aromatic heterocycles. The number of amides is 1. The average Bonchev–Trinajstić information content (AvgIpc) is 2.77. The van der Waals surface area contributed by atoms with E-state index in [9.17, 15) is 19.8 Å². The second-order valence-corrected chi connectivity index (χ2v) is 12.1. The SMILES string of the molecule is CC(C)(Oc1ccc(C2=CCN(C(=O)c3cc(C(C)(C)C)c(O)c(C(C)(C)C)c3)CC2)cc1)C(=O)O. The first-order valence-electron chi connectivity index (χ1n) is 12.4. The monoisotopic (exact) mass is 493 g/mol. The van der Waals surface area contributed by atoms with Crippen molar-refractivity contribution in [1.82, 2.24) is 4.90 Å². The quantitative estimate of drug-likeness (QED) is 0.521. The molecule has 0 aliphatic carbocycles. The molecule has 0 fully saturated rings. The Morgan fingerprint density at radius 1 is 0.889 bits per heavy atom. The Labute approximate surface area is 214 Å². The molecule has 1 heterocycles. The summed E-state index contributed by atoms with van der Waals surface area (Å²) in [4.78, 5) is 26.6. The Morgan fingerprint density at radius 3 is 1.83 bits per heavy atom. The minimum Gasteiger partial charge on any atom is -0.507 e. The number of carbonyl (C=O) groups excluding carboxylic acids is 1. The molecule has 0 saturated heterocycles. The highest BCUT2D eigenvalue weighted by Gasteiger charge is 2.30. The van der Waals surface area contributed by atoms with Crippen LogP contribution in [0.5, 0.6) is 11.5 Å². The van der Waals surface area contributed by atoms with Crippen LogP contribution in [0.4, 0.5) is 0 Å². The van der Waals surface area contributed by atoms with Crippen molar-refractivity contribution in [2.75, 3.05) is 13.1 Å². The molecule has 0 unspecified atom stereocenters. The molecule has 0 saturated carbocycles. The highest BCUT2D eigenvalue weighted by atomic mass is 16.5. The lowest BCUT2D eigenvalue weighted by molar-refractivity contribution is -0.152. The molecule has 6 nitrogen and oxygen atoms in total. The number of benzene rings is 2. The van der Waals surface area contributed by atoms with Gasteiger partial charge in [-0.15, -0.1) is 0 Å². The van der Waals surface area contributed by atoms with Crippen molar-refractivity contribution in [1.29, 1.82) is 0 Å². The van der Waals surface area contributed by atoms with Crippen molar-refractivity contribution in [2.24, 2.45) is 0 Å². The van der Waals surface area contributed by atoms with E-state index in [0.29, 0.717) is 30.8 Å². The van der Waals surface area contributed by atoms with Crippen LogP contribution in [-0.4, -0.2) is 45.7 Å². The third-order valence-electron chi connectivity index (χ3n) is 6.58. The van der Waals surface area contributed by atoms with Gasteiger partial charge in [-0.25, -0.2) is 4.79 Å². The number of hydrogen-bond donors (Lipinski definition) is 2. The van der Waals surface area contributed by atoms with E-state index in [-0.39, 0.29) is 22.5 Å². The molecule has 6 heteroatoms. The lowest BCUT2D eigenvalue weighted by Gasteiger charge is -2.30. The Hall–Kier alpha value is -3.28. The lowest BCUT2D eigenvalue weighted by Crippen LogP contribution is -2.37. The maximum absolute atomic E-state index is 13.5. The number of phenolic OH excluding ortho intramolecular Hbond substituents is 1. The molecule has 0 spiro atoms. The lowest BCUT2D eigenvalue weighted by atomic mass is 9.78. The normalized spacial score (nSPS) is 14.9. The van der Waals surface area contributed by atoms with Crippen molar-refractivity contribution in [3.05, 3.63) is 64.7 Å². The largest absolute Gasteiger partial charge is 0.507 e. The first-order chi connectivity index (χ1) is 16.5. The van der Waals surface area contributed by atoms with E-state index in [1.165, 1.54) is 13.8 Å². The topological polar surface area (TPSA) is 87.1 Å². The van der Waals surface area contributed by atoms with E-state index in [0.717, 1.165) is 22.3 Å². The fraction of sp³-hybridized carbons (Fsp3) is 0.467. The standard InChI is InChI=1S/C30H39NO5/c1-28(2,3)23-17-21(18-24(25(23)32)29(4,5)6)26(33)31-15-13-20(14-16-31)19-9-11-22(12-10-19)36-30(7,8)27(34)35/h9-13,17-18,32H,14-16H2,1-8H3,(H,34,35). The summed E-state index contributed by atoms with van der Waals surface area (Å²) in [5.74, 6) is -0.298. The first kappa shape index (κ1) is 27.3. The molecule has 1 aliphatic heterocycles. The van der Waals surface area contributed by atoms with Gasteiger partial charge in [-0.05, 0) is 66.5 Å². The third-order valence-corrected chi connectivity index (χ3v) is 6.58. The molecular weight excluding hydrogens is 454 g/mol. The maximum atomic E-state index is 13.5. The van der Waals surface area contributed by atoms with Gasteiger partial charge in [-0.1, -0.05) is 59.8 Å². The minimum absolute atomic E-state index is 0.0408. The summed E-state index contributed by atoms with van der Waals surface area (Å²) in [6.45, 7) is 16.4. The fourth-order valence-electron chi connectivity index (χ4n) is 4.28. The fourth-order valence-corrected chi connectivity index (χ4v) is 4.28. The number of carboxylic acid groups (broad SMARTS) is 1. The van der Waals surface area contributed by atoms with Crippen LogP contribution in [-0.2, 0) is 15.6 Å². The van der Waals surface area contributed by atoms with Crippen LogP contribution in [0.25, 0.3) is 5.57 Å². The minimum atomic E-state index is -1.31. The number of phenols is 1. The van der Waals surface area contributed by atoms with Gasteiger partial charge < -0.3 is 19.8 Å². The summed E-state index contributed by atoms with van der Waals surface area (Å²) in [7, 11) is 0. The summed E-state index contributed by atoms with van der Waals surface area (Å²) in [5, 5.41) is 20.2. The van der Waals surface area contributed by atoms with E-state index in [4.69, 9.17) is 4.74 Å².